The Bertz CT molecular complexity index is 543. The van der Waals surface area contributed by atoms with Gasteiger partial charge in [-0.25, -0.2) is 9.38 Å². The molecule has 1 amide bonds. The van der Waals surface area contributed by atoms with Gasteiger partial charge in [-0.3, -0.25) is 4.79 Å². The minimum Gasteiger partial charge on any atom is -0.357 e. The molecule has 0 radical (unpaired) electrons. The van der Waals surface area contributed by atoms with Crippen molar-refractivity contribution in [1.82, 2.24) is 16.0 Å². The van der Waals surface area contributed by atoms with E-state index in [9.17, 15) is 9.18 Å². The van der Waals surface area contributed by atoms with E-state index in [4.69, 9.17) is 0 Å². The monoisotopic (exact) mass is 320 g/mol. The number of aliphatic imine (C=N–C) groups is 1. The Labute approximate surface area is 136 Å². The second kappa shape index (κ2) is 9.12. The van der Waals surface area contributed by atoms with Crippen molar-refractivity contribution in [3.8, 4) is 0 Å². The third-order valence-corrected chi connectivity index (χ3v) is 3.53. The predicted octanol–water partition coefficient (Wildman–Crippen LogP) is 1.94. The van der Waals surface area contributed by atoms with Crippen molar-refractivity contribution in [3.05, 3.63) is 35.6 Å². The molecule has 1 saturated carbocycles. The zero-order valence-electron chi connectivity index (χ0n) is 13.6. The predicted molar refractivity (Wildman–Crippen MR) is 89.6 cm³/mol. The molecule has 0 saturated heterocycles. The van der Waals surface area contributed by atoms with Crippen molar-refractivity contribution in [2.75, 3.05) is 13.1 Å². The molecule has 0 unspecified atom stereocenters. The van der Waals surface area contributed by atoms with Crippen LogP contribution in [-0.4, -0.2) is 31.0 Å². The van der Waals surface area contributed by atoms with Crippen LogP contribution < -0.4 is 16.0 Å². The summed E-state index contributed by atoms with van der Waals surface area (Å²) in [6.07, 6.45) is 3.47. The lowest BCUT2D eigenvalue weighted by molar-refractivity contribution is -0.121. The maximum absolute atomic E-state index is 13.6. The molecular weight excluding hydrogens is 295 g/mol. The number of hydrogen-bond acceptors (Lipinski definition) is 2. The lowest BCUT2D eigenvalue weighted by Crippen LogP contribution is -2.38. The van der Waals surface area contributed by atoms with E-state index in [0.717, 1.165) is 25.8 Å². The van der Waals surface area contributed by atoms with Gasteiger partial charge in [-0.15, -0.1) is 0 Å². The van der Waals surface area contributed by atoms with Crippen molar-refractivity contribution in [2.24, 2.45) is 4.99 Å². The molecule has 5 nitrogen and oxygen atoms in total. The first-order valence-corrected chi connectivity index (χ1v) is 8.24. The van der Waals surface area contributed by atoms with E-state index in [1.54, 1.807) is 18.2 Å². The van der Waals surface area contributed by atoms with Crippen LogP contribution in [0.15, 0.2) is 29.3 Å². The summed E-state index contributed by atoms with van der Waals surface area (Å²) in [6, 6.07) is 7.04. The van der Waals surface area contributed by atoms with Crippen molar-refractivity contribution in [2.45, 2.75) is 45.2 Å². The summed E-state index contributed by atoms with van der Waals surface area (Å²) in [5.41, 5.74) is 0.563. The van der Waals surface area contributed by atoms with Crippen LogP contribution in [0, 0.1) is 5.82 Å². The molecule has 6 heteroatoms. The number of amides is 1. The molecule has 23 heavy (non-hydrogen) atoms. The van der Waals surface area contributed by atoms with Gasteiger partial charge >= 0.3 is 0 Å². The van der Waals surface area contributed by atoms with Gasteiger partial charge in [0.15, 0.2) is 5.96 Å². The van der Waals surface area contributed by atoms with E-state index < -0.39 is 0 Å². The number of nitrogens with zero attached hydrogens (tertiary/aromatic N) is 1. The number of benzene rings is 1. The van der Waals surface area contributed by atoms with E-state index in [2.05, 4.69) is 20.9 Å². The average molecular weight is 320 g/mol. The van der Waals surface area contributed by atoms with Crippen LogP contribution in [-0.2, 0) is 11.3 Å². The fourth-order valence-electron chi connectivity index (χ4n) is 2.12. The Hall–Kier alpha value is -2.11. The summed E-state index contributed by atoms with van der Waals surface area (Å²) in [7, 11) is 0. The van der Waals surface area contributed by atoms with Gasteiger partial charge in [-0.2, -0.15) is 0 Å². The molecule has 0 aliphatic heterocycles. The standard InChI is InChI=1S/C17H25FN4O/c1-2-19-17(21-12-13-6-3-4-7-15(13)18)20-11-5-8-16(23)22-14-9-10-14/h3-4,6-7,14H,2,5,8-12H2,1H3,(H,22,23)(H2,19,20,21). The minimum absolute atomic E-state index is 0.114. The topological polar surface area (TPSA) is 65.5 Å². The number of hydrogen-bond donors (Lipinski definition) is 3. The summed E-state index contributed by atoms with van der Waals surface area (Å²) in [6.45, 7) is 3.64. The average Bonchev–Trinajstić information content (AvgIpc) is 3.34. The Morgan fingerprint density at radius 3 is 2.78 bits per heavy atom. The number of nitrogens with one attached hydrogen (secondary N) is 3. The Morgan fingerprint density at radius 2 is 2.09 bits per heavy atom. The van der Waals surface area contributed by atoms with Gasteiger partial charge in [0, 0.05) is 31.1 Å². The lowest BCUT2D eigenvalue weighted by Gasteiger charge is -2.11. The summed E-state index contributed by atoms with van der Waals surface area (Å²) in [4.78, 5) is 16.0. The normalized spacial score (nSPS) is 14.4. The molecule has 0 bridgehead atoms. The summed E-state index contributed by atoms with van der Waals surface area (Å²) in [5, 5.41) is 9.26. The van der Waals surface area contributed by atoms with Gasteiger partial charge in [0.05, 0.1) is 6.54 Å². The number of carbonyl (C=O) groups excluding carboxylic acids is 1. The first-order chi connectivity index (χ1) is 11.2. The second-order valence-electron chi connectivity index (χ2n) is 5.66. The summed E-state index contributed by atoms with van der Waals surface area (Å²) >= 11 is 0. The Kier molecular flexibility index (Phi) is 6.84. The van der Waals surface area contributed by atoms with E-state index in [1.807, 2.05) is 6.92 Å². The molecule has 3 N–H and O–H groups in total. The molecule has 1 aliphatic rings. The first-order valence-electron chi connectivity index (χ1n) is 8.24. The third kappa shape index (κ3) is 6.67. The van der Waals surface area contributed by atoms with Gasteiger partial charge in [0.2, 0.25) is 5.91 Å². The fourth-order valence-corrected chi connectivity index (χ4v) is 2.12. The quantitative estimate of drug-likeness (QED) is 0.390. The van der Waals surface area contributed by atoms with Crippen molar-refractivity contribution in [3.63, 3.8) is 0 Å². The van der Waals surface area contributed by atoms with Crippen molar-refractivity contribution < 1.29 is 9.18 Å². The molecule has 1 aromatic rings. The zero-order chi connectivity index (χ0) is 16.5. The second-order valence-corrected chi connectivity index (χ2v) is 5.66. The van der Waals surface area contributed by atoms with Crippen LogP contribution >= 0.6 is 0 Å². The van der Waals surface area contributed by atoms with Crippen molar-refractivity contribution in [1.29, 1.82) is 0 Å². The first kappa shape index (κ1) is 17.2. The third-order valence-electron chi connectivity index (χ3n) is 3.53. The highest BCUT2D eigenvalue weighted by Crippen LogP contribution is 2.18. The molecule has 1 fully saturated rings. The van der Waals surface area contributed by atoms with E-state index in [1.165, 1.54) is 6.07 Å². The van der Waals surface area contributed by atoms with Crippen LogP contribution in [0.3, 0.4) is 0 Å². The van der Waals surface area contributed by atoms with Crippen LogP contribution in [0.5, 0.6) is 0 Å². The van der Waals surface area contributed by atoms with E-state index in [0.29, 0.717) is 30.5 Å². The van der Waals surface area contributed by atoms with E-state index in [-0.39, 0.29) is 18.3 Å². The summed E-state index contributed by atoms with van der Waals surface area (Å²) < 4.78 is 13.6. The molecule has 0 atom stereocenters. The molecule has 0 aromatic heterocycles. The smallest absolute Gasteiger partial charge is 0.220 e. The molecule has 2 rings (SSSR count). The van der Waals surface area contributed by atoms with E-state index >= 15 is 0 Å². The molecule has 1 aromatic carbocycles. The zero-order valence-corrected chi connectivity index (χ0v) is 13.6. The maximum Gasteiger partial charge on any atom is 0.220 e. The SMILES string of the molecule is CCNC(=NCc1ccccc1F)NCCCC(=O)NC1CC1. The van der Waals surface area contributed by atoms with Gasteiger partial charge in [0.25, 0.3) is 0 Å². The highest BCUT2D eigenvalue weighted by molar-refractivity contribution is 5.80. The molecule has 0 spiro atoms. The van der Waals surface area contributed by atoms with Crippen molar-refractivity contribution >= 4 is 11.9 Å². The molecule has 126 valence electrons. The van der Waals surface area contributed by atoms with Crippen LogP contribution in [0.2, 0.25) is 0 Å². The number of halogens is 1. The van der Waals surface area contributed by atoms with Crippen LogP contribution in [0.1, 0.15) is 38.2 Å². The number of rotatable bonds is 8. The van der Waals surface area contributed by atoms with Crippen LogP contribution in [0.4, 0.5) is 4.39 Å². The lowest BCUT2D eigenvalue weighted by atomic mass is 10.2. The largest absolute Gasteiger partial charge is 0.357 e. The Morgan fingerprint density at radius 1 is 1.30 bits per heavy atom. The van der Waals surface area contributed by atoms with Gasteiger partial charge in [0.1, 0.15) is 5.82 Å². The van der Waals surface area contributed by atoms with Gasteiger partial charge in [-0.05, 0) is 32.3 Å². The highest BCUT2D eigenvalue weighted by atomic mass is 19.1. The fraction of sp³-hybridized carbons (Fsp3) is 0.529. The Balaban J connectivity index is 1.72. The molecular formula is C17H25FN4O. The highest BCUT2D eigenvalue weighted by Gasteiger charge is 2.22. The maximum atomic E-state index is 13.6. The van der Waals surface area contributed by atoms with Gasteiger partial charge in [-0.1, -0.05) is 18.2 Å². The van der Waals surface area contributed by atoms with Crippen LogP contribution in [0.25, 0.3) is 0 Å². The minimum atomic E-state index is -0.246. The summed E-state index contributed by atoms with van der Waals surface area (Å²) in [5.74, 6) is 0.504. The number of guanidine groups is 1. The van der Waals surface area contributed by atoms with Gasteiger partial charge < -0.3 is 16.0 Å². The number of carbonyl (C=O) groups is 1. The molecule has 1 aliphatic carbocycles. The molecule has 0 heterocycles.